The first-order chi connectivity index (χ1) is 11.1. The fourth-order valence-corrected chi connectivity index (χ4v) is 4.02. The number of benzene rings is 1. The highest BCUT2D eigenvalue weighted by molar-refractivity contribution is 7.12. The van der Waals surface area contributed by atoms with Gasteiger partial charge in [-0.15, -0.1) is 11.3 Å². The summed E-state index contributed by atoms with van der Waals surface area (Å²) in [6.45, 7) is 4.29. The van der Waals surface area contributed by atoms with Crippen molar-refractivity contribution in [2.45, 2.75) is 31.7 Å². The molecule has 2 heterocycles. The van der Waals surface area contributed by atoms with Gasteiger partial charge in [0.2, 0.25) is 0 Å². The highest BCUT2D eigenvalue weighted by Gasteiger charge is 2.36. The largest absolute Gasteiger partial charge is 0.299 e. The topological polar surface area (TPSA) is 44.1 Å². The molecule has 0 N–H and O–H groups in total. The van der Waals surface area contributed by atoms with E-state index in [9.17, 15) is 10.1 Å². The van der Waals surface area contributed by atoms with Crippen molar-refractivity contribution >= 4 is 17.1 Å². The smallest absolute Gasteiger partial charge is 0.169 e. The lowest BCUT2D eigenvalue weighted by Crippen LogP contribution is -2.41. The van der Waals surface area contributed by atoms with Gasteiger partial charge in [0.15, 0.2) is 5.78 Å². The zero-order valence-electron chi connectivity index (χ0n) is 13.3. The van der Waals surface area contributed by atoms with Crippen LogP contribution in [0.3, 0.4) is 0 Å². The van der Waals surface area contributed by atoms with Crippen LogP contribution >= 0.6 is 11.3 Å². The van der Waals surface area contributed by atoms with Crippen molar-refractivity contribution < 1.29 is 4.79 Å². The van der Waals surface area contributed by atoms with Crippen LogP contribution in [0.25, 0.3) is 0 Å². The van der Waals surface area contributed by atoms with Gasteiger partial charge >= 0.3 is 0 Å². The molecule has 3 rings (SSSR count). The summed E-state index contributed by atoms with van der Waals surface area (Å²) in [6, 6.07) is 14.7. The number of nitriles is 1. The van der Waals surface area contributed by atoms with E-state index in [4.69, 9.17) is 0 Å². The van der Waals surface area contributed by atoms with Crippen molar-refractivity contribution in [3.8, 4) is 6.07 Å². The zero-order chi connectivity index (χ0) is 16.3. The summed E-state index contributed by atoms with van der Waals surface area (Å²) in [5, 5.41) is 11.8. The van der Waals surface area contributed by atoms with Crippen LogP contribution in [0.2, 0.25) is 0 Å². The Kier molecular flexibility index (Phi) is 4.61. The molecule has 1 aliphatic heterocycles. The Labute approximate surface area is 141 Å². The van der Waals surface area contributed by atoms with Gasteiger partial charge in [-0.3, -0.25) is 9.69 Å². The molecule has 1 aromatic heterocycles. The number of carbonyl (C=O) groups is 1. The molecule has 2 aromatic rings. The lowest BCUT2D eigenvalue weighted by atomic mass is 9.74. The summed E-state index contributed by atoms with van der Waals surface area (Å²) in [5.74, 6) is 0.132. The number of carbonyl (C=O) groups excluding carboxylic acids is 1. The van der Waals surface area contributed by atoms with Crippen molar-refractivity contribution in [1.82, 2.24) is 4.90 Å². The molecule has 0 radical (unpaired) electrons. The molecule has 0 spiro atoms. The van der Waals surface area contributed by atoms with E-state index in [1.807, 2.05) is 24.3 Å². The van der Waals surface area contributed by atoms with Crippen LogP contribution in [0, 0.1) is 11.3 Å². The van der Waals surface area contributed by atoms with Gasteiger partial charge < -0.3 is 0 Å². The first-order valence-electron chi connectivity index (χ1n) is 7.90. The van der Waals surface area contributed by atoms with Gasteiger partial charge in [-0.1, -0.05) is 30.3 Å². The summed E-state index contributed by atoms with van der Waals surface area (Å²) in [4.78, 5) is 14.6. The van der Waals surface area contributed by atoms with E-state index in [1.54, 1.807) is 6.92 Å². The van der Waals surface area contributed by atoms with E-state index in [-0.39, 0.29) is 11.2 Å². The highest BCUT2D eigenvalue weighted by atomic mass is 32.1. The second-order valence-electron chi connectivity index (χ2n) is 6.21. The molecular weight excluding hydrogens is 304 g/mol. The maximum Gasteiger partial charge on any atom is 0.169 e. The molecular formula is C19H20N2OS. The Morgan fingerprint density at radius 3 is 2.57 bits per heavy atom. The van der Waals surface area contributed by atoms with Crippen molar-refractivity contribution in [3.63, 3.8) is 0 Å². The van der Waals surface area contributed by atoms with Crippen LogP contribution in [0.5, 0.6) is 0 Å². The van der Waals surface area contributed by atoms with Crippen molar-refractivity contribution in [2.75, 3.05) is 13.1 Å². The summed E-state index contributed by atoms with van der Waals surface area (Å²) in [5.41, 5.74) is 1.98. The SMILES string of the molecule is CC(=O)c1cc(CN2CCC(C#N)(c3ccccc3)CC2)cs1. The Morgan fingerprint density at radius 2 is 2.00 bits per heavy atom. The fraction of sp³-hybridized carbons (Fsp3) is 0.368. The average molecular weight is 324 g/mol. The maximum atomic E-state index is 11.4. The Hall–Kier alpha value is -1.96. The van der Waals surface area contributed by atoms with Crippen LogP contribution in [-0.4, -0.2) is 23.8 Å². The predicted molar refractivity (Wildman–Crippen MR) is 92.6 cm³/mol. The van der Waals surface area contributed by atoms with Crippen LogP contribution in [0.4, 0.5) is 0 Å². The minimum Gasteiger partial charge on any atom is -0.299 e. The number of hydrogen-bond acceptors (Lipinski definition) is 4. The van der Waals surface area contributed by atoms with Crippen LogP contribution in [0.1, 0.15) is 40.6 Å². The Balaban J connectivity index is 1.65. The number of ketones is 1. The monoisotopic (exact) mass is 324 g/mol. The summed E-state index contributed by atoms with van der Waals surface area (Å²) in [6.07, 6.45) is 1.72. The molecule has 0 atom stereocenters. The van der Waals surface area contributed by atoms with E-state index in [0.29, 0.717) is 0 Å². The number of piperidine rings is 1. The van der Waals surface area contributed by atoms with Crippen molar-refractivity contribution in [2.24, 2.45) is 0 Å². The minimum absolute atomic E-state index is 0.132. The van der Waals surface area contributed by atoms with Crippen molar-refractivity contribution in [3.05, 3.63) is 57.8 Å². The number of likely N-dealkylation sites (tertiary alicyclic amines) is 1. The van der Waals surface area contributed by atoms with E-state index in [2.05, 4.69) is 28.5 Å². The van der Waals surface area contributed by atoms with Crippen LogP contribution < -0.4 is 0 Å². The molecule has 1 saturated heterocycles. The average Bonchev–Trinajstić information content (AvgIpc) is 3.05. The zero-order valence-corrected chi connectivity index (χ0v) is 14.1. The fourth-order valence-electron chi connectivity index (χ4n) is 3.22. The molecule has 1 fully saturated rings. The molecule has 0 saturated carbocycles. The molecule has 4 heteroatoms. The molecule has 0 unspecified atom stereocenters. The summed E-state index contributed by atoms with van der Waals surface area (Å²) >= 11 is 1.52. The third kappa shape index (κ3) is 3.36. The number of nitrogens with zero attached hydrogens (tertiary/aromatic N) is 2. The maximum absolute atomic E-state index is 11.4. The molecule has 0 bridgehead atoms. The van der Waals surface area contributed by atoms with E-state index in [1.165, 1.54) is 16.9 Å². The molecule has 3 nitrogen and oxygen atoms in total. The molecule has 1 aromatic carbocycles. The minimum atomic E-state index is -0.350. The lowest BCUT2D eigenvalue weighted by molar-refractivity contribution is 0.102. The van der Waals surface area contributed by atoms with Crippen molar-refractivity contribution in [1.29, 1.82) is 5.26 Å². The third-order valence-corrected chi connectivity index (χ3v) is 5.74. The first kappa shape index (κ1) is 15.9. The second kappa shape index (κ2) is 6.66. The molecule has 118 valence electrons. The molecule has 0 aliphatic carbocycles. The van der Waals surface area contributed by atoms with Gasteiger partial charge in [0.1, 0.15) is 0 Å². The highest BCUT2D eigenvalue weighted by Crippen LogP contribution is 2.35. The molecule has 23 heavy (non-hydrogen) atoms. The van der Waals surface area contributed by atoms with Gasteiger partial charge in [-0.2, -0.15) is 5.26 Å². The molecule has 1 aliphatic rings. The van der Waals surface area contributed by atoms with Gasteiger partial charge in [0, 0.05) is 19.6 Å². The standard InChI is InChI=1S/C19H20N2OS/c1-15(22)18-11-16(13-23-18)12-21-9-7-19(14-20,8-10-21)17-5-3-2-4-6-17/h2-6,11,13H,7-10,12H2,1H3. The third-order valence-electron chi connectivity index (χ3n) is 4.66. The number of hydrogen-bond donors (Lipinski definition) is 0. The quantitative estimate of drug-likeness (QED) is 0.798. The number of Topliss-reactive ketones (excluding diaryl/α,β-unsaturated/α-hetero) is 1. The summed E-state index contributed by atoms with van der Waals surface area (Å²) < 4.78 is 0. The number of rotatable bonds is 4. The van der Waals surface area contributed by atoms with Gasteiger partial charge in [-0.25, -0.2) is 0 Å². The van der Waals surface area contributed by atoms with E-state index < -0.39 is 0 Å². The van der Waals surface area contributed by atoms with Gasteiger partial charge in [0.25, 0.3) is 0 Å². The van der Waals surface area contributed by atoms with Gasteiger partial charge in [-0.05, 0) is 42.3 Å². The van der Waals surface area contributed by atoms with Gasteiger partial charge in [0.05, 0.1) is 16.4 Å². The Bertz CT molecular complexity index is 721. The first-order valence-corrected chi connectivity index (χ1v) is 8.78. The van der Waals surface area contributed by atoms with E-state index in [0.717, 1.165) is 42.9 Å². The predicted octanol–water partition coefficient (Wildman–Crippen LogP) is 4.01. The summed E-state index contributed by atoms with van der Waals surface area (Å²) in [7, 11) is 0. The second-order valence-corrected chi connectivity index (χ2v) is 7.12. The van der Waals surface area contributed by atoms with E-state index >= 15 is 0 Å². The number of thiophene rings is 1. The van der Waals surface area contributed by atoms with Crippen LogP contribution in [0.15, 0.2) is 41.8 Å². The lowest BCUT2D eigenvalue weighted by Gasteiger charge is -2.37. The normalized spacial score (nSPS) is 17.6. The Morgan fingerprint density at radius 1 is 1.30 bits per heavy atom. The van der Waals surface area contributed by atoms with Crippen LogP contribution in [-0.2, 0) is 12.0 Å². The molecule has 0 amide bonds.